The first-order valence-corrected chi connectivity index (χ1v) is 14.7. The van der Waals surface area contributed by atoms with E-state index in [9.17, 15) is 9.90 Å². The summed E-state index contributed by atoms with van der Waals surface area (Å²) in [7, 11) is 0. The molecular formula is C34H41N3O5. The highest BCUT2D eigenvalue weighted by Gasteiger charge is 2.39. The molecule has 42 heavy (non-hydrogen) atoms. The van der Waals surface area contributed by atoms with Gasteiger partial charge in [0, 0.05) is 56.4 Å². The average Bonchev–Trinajstić information content (AvgIpc) is 3.03. The van der Waals surface area contributed by atoms with Crippen LogP contribution in [0.2, 0.25) is 0 Å². The van der Waals surface area contributed by atoms with Crippen LogP contribution in [0.3, 0.4) is 0 Å². The Labute approximate surface area is 248 Å². The second-order valence-corrected chi connectivity index (χ2v) is 11.0. The summed E-state index contributed by atoms with van der Waals surface area (Å²) in [5, 5.41) is 12.2. The van der Waals surface area contributed by atoms with Gasteiger partial charge in [0.1, 0.15) is 6.61 Å². The van der Waals surface area contributed by atoms with Crippen molar-refractivity contribution in [3.63, 3.8) is 0 Å². The molecule has 4 atom stereocenters. The van der Waals surface area contributed by atoms with Crippen LogP contribution < -0.4 is 5.32 Å². The highest BCUT2D eigenvalue weighted by atomic mass is 16.7. The molecule has 222 valence electrons. The first-order valence-electron chi connectivity index (χ1n) is 14.7. The predicted molar refractivity (Wildman–Crippen MR) is 163 cm³/mol. The molecule has 2 aliphatic rings. The number of rotatable bonds is 10. The van der Waals surface area contributed by atoms with Gasteiger partial charge in [-0.25, -0.2) is 4.79 Å². The number of carbonyl (C=O) groups excluding carboxylic acids is 1. The molecule has 5 rings (SSSR count). The number of aliphatic hydroxyl groups excluding tert-OH is 1. The van der Waals surface area contributed by atoms with Gasteiger partial charge in [-0.05, 0) is 28.8 Å². The van der Waals surface area contributed by atoms with E-state index in [0.29, 0.717) is 5.69 Å². The largest absolute Gasteiger partial charge is 0.445 e. The lowest BCUT2D eigenvalue weighted by Crippen LogP contribution is -2.51. The Balaban J connectivity index is 1.27. The Morgan fingerprint density at radius 1 is 0.929 bits per heavy atom. The first-order chi connectivity index (χ1) is 20.5. The molecule has 0 saturated carbocycles. The Bertz CT molecular complexity index is 1280. The van der Waals surface area contributed by atoms with E-state index in [1.165, 1.54) is 11.6 Å². The summed E-state index contributed by atoms with van der Waals surface area (Å²) in [4.78, 5) is 16.9. The standard InChI is InChI=1S/C34H41N3O5/c1-3-21-40-34(39)35-30-15-13-29(14-16-30)33-41-31(25(2)32(42-33)28-11-9-27(24-38)10-12-28)23-37-19-17-36(18-20-37)22-26-7-5-4-6-8-26/h3-16,25,31-33,38H,1,17-24H2,2H3,(H,35,39)/t25-,31+,32+,33+/m0/s1. The molecule has 1 amide bonds. The number of hydrogen-bond donors (Lipinski definition) is 2. The van der Waals surface area contributed by atoms with E-state index in [1.807, 2.05) is 48.5 Å². The average molecular weight is 572 g/mol. The van der Waals surface area contributed by atoms with Crippen LogP contribution in [-0.4, -0.2) is 66.4 Å². The summed E-state index contributed by atoms with van der Waals surface area (Å²) in [6, 6.07) is 26.1. The first kappa shape index (κ1) is 29.9. The minimum atomic E-state index is -0.560. The summed E-state index contributed by atoms with van der Waals surface area (Å²) in [6.07, 6.45) is 0.217. The predicted octanol–water partition coefficient (Wildman–Crippen LogP) is 5.52. The fraction of sp³-hybridized carbons (Fsp3) is 0.382. The van der Waals surface area contributed by atoms with Gasteiger partial charge in [-0.2, -0.15) is 0 Å². The maximum atomic E-state index is 11.9. The number of nitrogens with one attached hydrogen (secondary N) is 1. The third-order valence-corrected chi connectivity index (χ3v) is 8.04. The van der Waals surface area contributed by atoms with E-state index in [2.05, 4.69) is 59.0 Å². The molecule has 8 nitrogen and oxygen atoms in total. The van der Waals surface area contributed by atoms with Crippen LogP contribution in [0, 0.1) is 5.92 Å². The number of amides is 1. The molecule has 0 unspecified atom stereocenters. The second kappa shape index (κ2) is 14.6. The quantitative estimate of drug-likeness (QED) is 0.310. The minimum absolute atomic E-state index is 0.00743. The van der Waals surface area contributed by atoms with Crippen molar-refractivity contribution in [3.8, 4) is 0 Å². The molecule has 3 aromatic rings. The van der Waals surface area contributed by atoms with Gasteiger partial charge in [0.2, 0.25) is 0 Å². The van der Waals surface area contributed by atoms with Gasteiger partial charge in [0.15, 0.2) is 6.29 Å². The summed E-state index contributed by atoms with van der Waals surface area (Å²) in [5.41, 5.74) is 4.78. The van der Waals surface area contributed by atoms with Crippen molar-refractivity contribution in [3.05, 3.63) is 114 Å². The zero-order chi connectivity index (χ0) is 29.3. The number of hydrogen-bond acceptors (Lipinski definition) is 7. The van der Waals surface area contributed by atoms with Crippen LogP contribution in [0.1, 0.15) is 41.6 Å². The second-order valence-electron chi connectivity index (χ2n) is 11.0. The van der Waals surface area contributed by atoms with Gasteiger partial charge in [-0.1, -0.05) is 86.3 Å². The van der Waals surface area contributed by atoms with Crippen molar-refractivity contribution in [1.82, 2.24) is 9.80 Å². The maximum absolute atomic E-state index is 11.9. The molecule has 2 N–H and O–H groups in total. The highest BCUT2D eigenvalue weighted by Crippen LogP contribution is 2.42. The molecule has 2 saturated heterocycles. The summed E-state index contributed by atoms with van der Waals surface area (Å²) in [5.74, 6) is 0.115. The Morgan fingerprint density at radius 2 is 1.60 bits per heavy atom. The van der Waals surface area contributed by atoms with Crippen molar-refractivity contribution in [1.29, 1.82) is 0 Å². The Kier molecular flexibility index (Phi) is 10.4. The number of aliphatic hydroxyl groups is 1. The number of nitrogens with zero attached hydrogens (tertiary/aromatic N) is 2. The van der Waals surface area contributed by atoms with Crippen LogP contribution >= 0.6 is 0 Å². The van der Waals surface area contributed by atoms with Crippen molar-refractivity contribution in [2.75, 3.05) is 44.6 Å². The zero-order valence-corrected chi connectivity index (χ0v) is 24.2. The van der Waals surface area contributed by atoms with Crippen LogP contribution in [0.25, 0.3) is 0 Å². The molecule has 2 aliphatic heterocycles. The summed E-state index contributed by atoms with van der Waals surface area (Å²) < 4.78 is 18.2. The maximum Gasteiger partial charge on any atom is 0.411 e. The molecule has 0 bridgehead atoms. The lowest BCUT2D eigenvalue weighted by atomic mass is 9.90. The third-order valence-electron chi connectivity index (χ3n) is 8.04. The third kappa shape index (κ3) is 7.85. The van der Waals surface area contributed by atoms with E-state index < -0.39 is 12.4 Å². The van der Waals surface area contributed by atoms with Crippen molar-refractivity contribution >= 4 is 11.8 Å². The van der Waals surface area contributed by atoms with E-state index in [0.717, 1.165) is 56.0 Å². The zero-order valence-electron chi connectivity index (χ0n) is 24.2. The van der Waals surface area contributed by atoms with Crippen LogP contribution in [0.4, 0.5) is 10.5 Å². The molecule has 2 heterocycles. The number of piperazine rings is 1. The minimum Gasteiger partial charge on any atom is -0.445 e. The van der Waals surface area contributed by atoms with Crippen molar-refractivity contribution in [2.45, 2.75) is 38.6 Å². The molecule has 2 fully saturated rings. The van der Waals surface area contributed by atoms with Crippen molar-refractivity contribution in [2.24, 2.45) is 5.92 Å². The molecule has 8 heteroatoms. The fourth-order valence-electron chi connectivity index (χ4n) is 5.57. The molecule has 0 aliphatic carbocycles. The summed E-state index contributed by atoms with van der Waals surface area (Å²) >= 11 is 0. The molecule has 0 radical (unpaired) electrons. The lowest BCUT2D eigenvalue weighted by Gasteiger charge is -2.44. The van der Waals surface area contributed by atoms with Crippen LogP contribution in [0.15, 0.2) is 91.5 Å². The molecule has 0 aromatic heterocycles. The SMILES string of the molecule is C=CCOC(=O)Nc1ccc([C@@H]2O[C@H](CN3CCN(Cc4ccccc4)CC3)[C@H](C)[C@H](c3ccc(CO)cc3)O2)cc1. The summed E-state index contributed by atoms with van der Waals surface area (Å²) in [6.45, 7) is 11.7. The fourth-order valence-corrected chi connectivity index (χ4v) is 5.57. The Morgan fingerprint density at radius 3 is 2.26 bits per heavy atom. The molecule has 0 spiro atoms. The normalized spacial score (nSPS) is 23.3. The number of carbonyl (C=O) groups is 1. The van der Waals surface area contributed by atoms with Gasteiger partial charge in [-0.15, -0.1) is 0 Å². The van der Waals surface area contributed by atoms with Crippen LogP contribution in [-0.2, 0) is 27.4 Å². The molecule has 3 aromatic carbocycles. The van der Waals surface area contributed by atoms with E-state index in [-0.39, 0.29) is 31.3 Å². The van der Waals surface area contributed by atoms with E-state index in [1.54, 1.807) is 0 Å². The van der Waals surface area contributed by atoms with Crippen molar-refractivity contribution < 1.29 is 24.1 Å². The lowest BCUT2D eigenvalue weighted by molar-refractivity contribution is -0.276. The van der Waals surface area contributed by atoms with Gasteiger partial charge < -0.3 is 19.3 Å². The van der Waals surface area contributed by atoms with Gasteiger partial charge in [0.25, 0.3) is 0 Å². The van der Waals surface area contributed by atoms with Crippen LogP contribution in [0.5, 0.6) is 0 Å². The number of benzene rings is 3. The number of ether oxygens (including phenoxy) is 3. The number of anilines is 1. The smallest absolute Gasteiger partial charge is 0.411 e. The monoisotopic (exact) mass is 571 g/mol. The Hall–Kier alpha value is -3.53. The van der Waals surface area contributed by atoms with Gasteiger partial charge in [0.05, 0.1) is 18.8 Å². The van der Waals surface area contributed by atoms with Gasteiger partial charge >= 0.3 is 6.09 Å². The van der Waals surface area contributed by atoms with E-state index in [4.69, 9.17) is 14.2 Å². The molecular weight excluding hydrogens is 530 g/mol. The highest BCUT2D eigenvalue weighted by molar-refractivity contribution is 5.84. The van der Waals surface area contributed by atoms with E-state index >= 15 is 0 Å². The van der Waals surface area contributed by atoms with Gasteiger partial charge in [-0.3, -0.25) is 15.1 Å². The topological polar surface area (TPSA) is 83.5 Å².